The molecular formula is C23H26N6O. The number of nitrogens with two attached hydrogens (primary N) is 1. The molecule has 0 bridgehead atoms. The second-order valence-corrected chi connectivity index (χ2v) is 7.47. The van der Waals surface area contributed by atoms with E-state index in [1.54, 1.807) is 18.6 Å². The van der Waals surface area contributed by atoms with Gasteiger partial charge < -0.3 is 15.5 Å². The third-order valence-electron chi connectivity index (χ3n) is 5.46. The first-order chi connectivity index (χ1) is 14.6. The maximum absolute atomic E-state index is 12.9. The van der Waals surface area contributed by atoms with Gasteiger partial charge in [-0.1, -0.05) is 0 Å². The van der Waals surface area contributed by atoms with Gasteiger partial charge in [0.05, 0.1) is 0 Å². The fraction of sp³-hybridized carbons (Fsp3) is 0.261. The number of pyridine rings is 2. The number of piperazine rings is 1. The number of rotatable bonds is 5. The minimum atomic E-state index is 0.0842. The number of carbonyl (C=O) groups is 1. The summed E-state index contributed by atoms with van der Waals surface area (Å²) in [6.45, 7) is 3.95. The predicted molar refractivity (Wildman–Crippen MR) is 119 cm³/mol. The van der Waals surface area contributed by atoms with Crippen LogP contribution in [-0.2, 0) is 6.54 Å². The van der Waals surface area contributed by atoms with E-state index in [1.807, 2.05) is 60.5 Å². The standard InChI is InChI=1S/C23H26N6O/c1-27(21-7-9-25-10-8-21)20-4-2-19(3-5-20)23(30)29-14-12-28(13-15-29)17-18-6-11-26-22(24)16-18/h2-11,16H,12-15,17H2,1H3,(H2,24,26). The molecule has 1 fully saturated rings. The summed E-state index contributed by atoms with van der Waals surface area (Å²) in [6, 6.07) is 15.6. The molecule has 1 saturated heterocycles. The van der Waals surface area contributed by atoms with Gasteiger partial charge in [-0.15, -0.1) is 0 Å². The highest BCUT2D eigenvalue weighted by Crippen LogP contribution is 2.23. The quantitative estimate of drug-likeness (QED) is 0.707. The molecule has 3 aromatic rings. The summed E-state index contributed by atoms with van der Waals surface area (Å²) >= 11 is 0. The van der Waals surface area contributed by atoms with Crippen molar-refractivity contribution in [3.8, 4) is 0 Å². The van der Waals surface area contributed by atoms with Gasteiger partial charge in [0, 0.05) is 75.3 Å². The molecule has 2 N–H and O–H groups in total. The number of anilines is 3. The Labute approximate surface area is 176 Å². The Kier molecular flexibility index (Phi) is 5.90. The van der Waals surface area contributed by atoms with Crippen LogP contribution < -0.4 is 10.6 Å². The average molecular weight is 403 g/mol. The van der Waals surface area contributed by atoms with Gasteiger partial charge in [-0.3, -0.25) is 14.7 Å². The van der Waals surface area contributed by atoms with E-state index >= 15 is 0 Å². The molecule has 1 aliphatic heterocycles. The second kappa shape index (κ2) is 8.92. The molecule has 1 aromatic carbocycles. The molecule has 0 unspecified atom stereocenters. The number of nitrogen functional groups attached to an aromatic ring is 1. The molecule has 1 amide bonds. The smallest absolute Gasteiger partial charge is 0.253 e. The van der Waals surface area contributed by atoms with Crippen molar-refractivity contribution in [2.75, 3.05) is 43.9 Å². The highest BCUT2D eigenvalue weighted by atomic mass is 16.2. The number of aromatic nitrogens is 2. The molecule has 154 valence electrons. The fourth-order valence-electron chi connectivity index (χ4n) is 3.69. The first kappa shape index (κ1) is 19.8. The summed E-state index contributed by atoms with van der Waals surface area (Å²) in [7, 11) is 2.00. The molecule has 0 aliphatic carbocycles. The Morgan fingerprint density at radius 1 is 0.967 bits per heavy atom. The van der Waals surface area contributed by atoms with Crippen LogP contribution in [0, 0.1) is 0 Å². The third kappa shape index (κ3) is 4.58. The van der Waals surface area contributed by atoms with Gasteiger partial charge >= 0.3 is 0 Å². The third-order valence-corrected chi connectivity index (χ3v) is 5.46. The SMILES string of the molecule is CN(c1ccncc1)c1ccc(C(=O)N2CCN(Cc3ccnc(N)c3)CC2)cc1. The lowest BCUT2D eigenvalue weighted by Gasteiger charge is -2.34. The van der Waals surface area contributed by atoms with Crippen molar-refractivity contribution in [1.29, 1.82) is 0 Å². The van der Waals surface area contributed by atoms with E-state index in [0.29, 0.717) is 5.82 Å². The van der Waals surface area contributed by atoms with Crippen LogP contribution in [0.2, 0.25) is 0 Å². The fourth-order valence-corrected chi connectivity index (χ4v) is 3.69. The van der Waals surface area contributed by atoms with E-state index in [4.69, 9.17) is 5.73 Å². The molecule has 0 atom stereocenters. The van der Waals surface area contributed by atoms with Gasteiger partial charge in [0.1, 0.15) is 5.82 Å². The maximum Gasteiger partial charge on any atom is 0.253 e. The van der Waals surface area contributed by atoms with Gasteiger partial charge in [0.2, 0.25) is 0 Å². The average Bonchev–Trinajstić information content (AvgIpc) is 2.79. The summed E-state index contributed by atoms with van der Waals surface area (Å²) < 4.78 is 0. The first-order valence-electron chi connectivity index (χ1n) is 10.1. The van der Waals surface area contributed by atoms with Crippen LogP contribution in [0.1, 0.15) is 15.9 Å². The first-order valence-corrected chi connectivity index (χ1v) is 10.1. The topological polar surface area (TPSA) is 78.6 Å². The van der Waals surface area contributed by atoms with Gasteiger partial charge in [0.25, 0.3) is 5.91 Å². The van der Waals surface area contributed by atoms with Gasteiger partial charge in [-0.25, -0.2) is 4.98 Å². The molecule has 0 spiro atoms. The number of carbonyl (C=O) groups excluding carboxylic acids is 1. The van der Waals surface area contributed by atoms with Crippen LogP contribution in [0.5, 0.6) is 0 Å². The normalized spacial score (nSPS) is 14.5. The molecular weight excluding hydrogens is 376 g/mol. The van der Waals surface area contributed by atoms with E-state index in [2.05, 4.69) is 19.8 Å². The Morgan fingerprint density at radius 3 is 2.30 bits per heavy atom. The molecule has 1 aliphatic rings. The maximum atomic E-state index is 12.9. The van der Waals surface area contributed by atoms with Gasteiger partial charge in [-0.05, 0) is 54.1 Å². The van der Waals surface area contributed by atoms with E-state index in [0.717, 1.165) is 55.2 Å². The van der Waals surface area contributed by atoms with Crippen LogP contribution in [0.25, 0.3) is 0 Å². The van der Waals surface area contributed by atoms with E-state index in [1.165, 1.54) is 0 Å². The van der Waals surface area contributed by atoms with Crippen molar-refractivity contribution in [3.63, 3.8) is 0 Å². The molecule has 30 heavy (non-hydrogen) atoms. The summed E-state index contributed by atoms with van der Waals surface area (Å²) in [6.07, 6.45) is 5.28. The summed E-state index contributed by atoms with van der Waals surface area (Å²) in [4.78, 5) is 27.4. The Morgan fingerprint density at radius 2 is 1.63 bits per heavy atom. The van der Waals surface area contributed by atoms with Crippen molar-refractivity contribution < 1.29 is 4.79 Å². The number of hydrogen-bond acceptors (Lipinski definition) is 6. The van der Waals surface area contributed by atoms with E-state index in [-0.39, 0.29) is 5.91 Å². The second-order valence-electron chi connectivity index (χ2n) is 7.47. The zero-order chi connectivity index (χ0) is 20.9. The summed E-state index contributed by atoms with van der Waals surface area (Å²) in [5, 5.41) is 0. The molecule has 3 heterocycles. The zero-order valence-electron chi connectivity index (χ0n) is 17.1. The number of hydrogen-bond donors (Lipinski definition) is 1. The lowest BCUT2D eigenvalue weighted by molar-refractivity contribution is 0.0628. The molecule has 2 aromatic heterocycles. The lowest BCUT2D eigenvalue weighted by atomic mass is 10.1. The summed E-state index contributed by atoms with van der Waals surface area (Å²) in [5.41, 5.74) is 9.71. The highest BCUT2D eigenvalue weighted by Gasteiger charge is 2.22. The lowest BCUT2D eigenvalue weighted by Crippen LogP contribution is -2.48. The Hall–Kier alpha value is -3.45. The number of benzene rings is 1. The molecule has 7 nitrogen and oxygen atoms in total. The van der Waals surface area contributed by atoms with Crippen molar-refractivity contribution in [3.05, 3.63) is 78.2 Å². The monoisotopic (exact) mass is 402 g/mol. The van der Waals surface area contributed by atoms with Crippen LogP contribution in [-0.4, -0.2) is 58.9 Å². The van der Waals surface area contributed by atoms with Crippen molar-refractivity contribution in [1.82, 2.24) is 19.8 Å². The van der Waals surface area contributed by atoms with Crippen molar-refractivity contribution >= 4 is 23.1 Å². The van der Waals surface area contributed by atoms with E-state index in [9.17, 15) is 4.79 Å². The highest BCUT2D eigenvalue weighted by molar-refractivity contribution is 5.94. The Bertz CT molecular complexity index is 984. The molecule has 0 saturated carbocycles. The van der Waals surface area contributed by atoms with Crippen molar-refractivity contribution in [2.45, 2.75) is 6.54 Å². The largest absolute Gasteiger partial charge is 0.384 e. The predicted octanol–water partition coefficient (Wildman–Crippen LogP) is 2.78. The van der Waals surface area contributed by atoms with Crippen molar-refractivity contribution in [2.24, 2.45) is 0 Å². The molecule has 4 rings (SSSR count). The van der Waals surface area contributed by atoms with Gasteiger partial charge in [0.15, 0.2) is 0 Å². The van der Waals surface area contributed by atoms with Crippen LogP contribution >= 0.6 is 0 Å². The van der Waals surface area contributed by atoms with Crippen LogP contribution in [0.3, 0.4) is 0 Å². The van der Waals surface area contributed by atoms with E-state index < -0.39 is 0 Å². The molecule has 0 radical (unpaired) electrons. The summed E-state index contributed by atoms with van der Waals surface area (Å²) in [5.74, 6) is 0.625. The minimum Gasteiger partial charge on any atom is -0.384 e. The Balaban J connectivity index is 1.34. The number of amides is 1. The van der Waals surface area contributed by atoms with Gasteiger partial charge in [-0.2, -0.15) is 0 Å². The number of nitrogens with zero attached hydrogens (tertiary/aromatic N) is 5. The van der Waals surface area contributed by atoms with Crippen LogP contribution in [0.4, 0.5) is 17.2 Å². The molecule has 7 heteroatoms. The zero-order valence-corrected chi connectivity index (χ0v) is 17.1. The van der Waals surface area contributed by atoms with Crippen LogP contribution in [0.15, 0.2) is 67.1 Å². The minimum absolute atomic E-state index is 0.0842.